The summed E-state index contributed by atoms with van der Waals surface area (Å²) in [7, 11) is 0. The maximum absolute atomic E-state index is 12.6. The molecule has 1 amide bonds. The van der Waals surface area contributed by atoms with Crippen LogP contribution in [0, 0.1) is 5.41 Å². The van der Waals surface area contributed by atoms with Gasteiger partial charge in [-0.1, -0.05) is 6.42 Å². The zero-order valence-corrected chi connectivity index (χ0v) is 14.9. The number of nitrogen functional groups attached to an aromatic ring is 1. The third kappa shape index (κ3) is 2.71. The van der Waals surface area contributed by atoms with Crippen LogP contribution in [0.25, 0.3) is 0 Å². The smallest absolute Gasteiger partial charge is 0.254 e. The second kappa shape index (κ2) is 5.52. The van der Waals surface area contributed by atoms with Gasteiger partial charge in [0.1, 0.15) is 11.4 Å². The van der Waals surface area contributed by atoms with E-state index in [1.54, 1.807) is 0 Å². The molecule has 2 heterocycles. The van der Waals surface area contributed by atoms with Gasteiger partial charge in [-0.15, -0.1) is 0 Å². The molecular formula is C18H26N6O2. The molecule has 1 spiro atoms. The molecule has 4 N–H and O–H groups in total. The lowest BCUT2D eigenvalue weighted by Crippen LogP contribution is -2.60. The second-order valence-electron chi connectivity index (χ2n) is 8.61. The van der Waals surface area contributed by atoms with Crippen LogP contribution in [0.5, 0.6) is 0 Å². The molecule has 3 saturated carbocycles. The molecule has 1 atom stereocenters. The fraction of sp³-hybridized carbons (Fsp3) is 0.778. The van der Waals surface area contributed by atoms with Gasteiger partial charge < -0.3 is 21.1 Å². The van der Waals surface area contributed by atoms with Crippen LogP contribution in [0.2, 0.25) is 0 Å². The van der Waals surface area contributed by atoms with Gasteiger partial charge in [0.2, 0.25) is 11.9 Å². The van der Waals surface area contributed by atoms with Crippen LogP contribution in [0.1, 0.15) is 63.1 Å². The topological polar surface area (TPSA) is 117 Å². The average molecular weight is 358 g/mol. The Kier molecular flexibility index (Phi) is 3.44. The van der Waals surface area contributed by atoms with Crippen LogP contribution in [0.4, 0.5) is 11.9 Å². The van der Waals surface area contributed by atoms with E-state index in [1.807, 2.05) is 4.90 Å². The number of carbonyl (C=O) groups is 1. The Balaban J connectivity index is 1.33. The van der Waals surface area contributed by atoms with Crippen molar-refractivity contribution in [3.05, 3.63) is 5.82 Å². The number of hydrogen-bond donors (Lipinski definition) is 3. The molecule has 0 bridgehead atoms. The molecule has 8 heteroatoms. The van der Waals surface area contributed by atoms with Crippen molar-refractivity contribution in [1.29, 1.82) is 0 Å². The van der Waals surface area contributed by atoms with Crippen LogP contribution in [-0.4, -0.2) is 55.6 Å². The van der Waals surface area contributed by atoms with Gasteiger partial charge in [0.05, 0.1) is 0 Å². The first-order chi connectivity index (χ1) is 12.5. The molecule has 5 rings (SSSR count). The minimum atomic E-state index is -1.08. The van der Waals surface area contributed by atoms with Gasteiger partial charge in [-0.3, -0.25) is 4.79 Å². The van der Waals surface area contributed by atoms with Crippen LogP contribution < -0.4 is 11.1 Å². The molecule has 1 saturated heterocycles. The average Bonchev–Trinajstić information content (AvgIpc) is 3.48. The van der Waals surface area contributed by atoms with E-state index in [9.17, 15) is 9.90 Å². The molecule has 4 fully saturated rings. The zero-order valence-electron chi connectivity index (χ0n) is 14.9. The van der Waals surface area contributed by atoms with E-state index >= 15 is 0 Å². The van der Waals surface area contributed by atoms with Crippen LogP contribution in [0.15, 0.2) is 0 Å². The number of hydrogen-bond acceptors (Lipinski definition) is 7. The molecule has 1 unspecified atom stereocenters. The number of nitrogens with zero attached hydrogens (tertiary/aromatic N) is 4. The first-order valence-corrected chi connectivity index (χ1v) is 9.77. The fourth-order valence-corrected chi connectivity index (χ4v) is 4.48. The molecule has 1 aromatic rings. The van der Waals surface area contributed by atoms with Crippen LogP contribution in [0.3, 0.4) is 0 Å². The van der Waals surface area contributed by atoms with Gasteiger partial charge in [0, 0.05) is 30.5 Å². The molecule has 0 radical (unpaired) electrons. The minimum Gasteiger partial charge on any atom is -0.380 e. The summed E-state index contributed by atoms with van der Waals surface area (Å²) in [5.41, 5.74) is 4.86. The highest BCUT2D eigenvalue weighted by molar-refractivity contribution is 5.88. The maximum atomic E-state index is 12.6. The highest BCUT2D eigenvalue weighted by Crippen LogP contribution is 2.49. The van der Waals surface area contributed by atoms with E-state index in [2.05, 4.69) is 20.3 Å². The van der Waals surface area contributed by atoms with E-state index in [-0.39, 0.29) is 23.3 Å². The Labute approximate surface area is 152 Å². The van der Waals surface area contributed by atoms with Crippen molar-refractivity contribution >= 4 is 17.8 Å². The molecule has 8 nitrogen and oxygen atoms in total. The quantitative estimate of drug-likeness (QED) is 0.736. The van der Waals surface area contributed by atoms with Crippen molar-refractivity contribution in [2.24, 2.45) is 5.41 Å². The third-order valence-electron chi connectivity index (χ3n) is 6.61. The number of likely N-dealkylation sites (tertiary alicyclic amines) is 1. The minimum absolute atomic E-state index is 0.0558. The molecule has 1 aliphatic heterocycles. The van der Waals surface area contributed by atoms with E-state index in [4.69, 9.17) is 5.73 Å². The number of carbonyl (C=O) groups excluding carboxylic acids is 1. The molecule has 140 valence electrons. The Hall–Kier alpha value is -1.96. The van der Waals surface area contributed by atoms with Gasteiger partial charge in [-0.25, -0.2) is 0 Å². The van der Waals surface area contributed by atoms with E-state index in [1.165, 1.54) is 6.42 Å². The van der Waals surface area contributed by atoms with Crippen molar-refractivity contribution in [1.82, 2.24) is 19.9 Å². The summed E-state index contributed by atoms with van der Waals surface area (Å²) in [4.78, 5) is 27.6. The molecule has 4 aliphatic rings. The highest BCUT2D eigenvalue weighted by Gasteiger charge is 2.55. The third-order valence-corrected chi connectivity index (χ3v) is 6.61. The van der Waals surface area contributed by atoms with Crippen LogP contribution >= 0.6 is 0 Å². The molecular weight excluding hydrogens is 332 g/mol. The zero-order chi connectivity index (χ0) is 17.9. The SMILES string of the molecule is Nc1nc(NC2CCN(C(=O)C3(O)CC3)CC23CCC3)nc(C2CC2)n1. The lowest BCUT2D eigenvalue weighted by atomic mass is 9.61. The number of aliphatic hydroxyl groups is 1. The van der Waals surface area contributed by atoms with Crippen molar-refractivity contribution < 1.29 is 9.90 Å². The Morgan fingerprint density at radius 3 is 2.54 bits per heavy atom. The van der Waals surface area contributed by atoms with Gasteiger partial charge in [-0.05, 0) is 44.9 Å². The Morgan fingerprint density at radius 2 is 1.92 bits per heavy atom. The molecule has 26 heavy (non-hydrogen) atoms. The number of aromatic nitrogens is 3. The van der Waals surface area contributed by atoms with Crippen LogP contribution in [-0.2, 0) is 4.79 Å². The lowest BCUT2D eigenvalue weighted by Gasteiger charge is -2.54. The molecule has 3 aliphatic carbocycles. The number of piperidine rings is 1. The summed E-state index contributed by atoms with van der Waals surface area (Å²) in [5.74, 6) is 1.98. The van der Waals surface area contributed by atoms with Gasteiger partial charge in [0.15, 0.2) is 0 Å². The van der Waals surface area contributed by atoms with E-state index < -0.39 is 5.60 Å². The summed E-state index contributed by atoms with van der Waals surface area (Å²) >= 11 is 0. The van der Waals surface area contributed by atoms with E-state index in [0.29, 0.717) is 37.8 Å². The normalized spacial score (nSPS) is 28.5. The summed E-state index contributed by atoms with van der Waals surface area (Å²) < 4.78 is 0. The summed E-state index contributed by atoms with van der Waals surface area (Å²) in [5, 5.41) is 13.7. The van der Waals surface area contributed by atoms with Gasteiger partial charge in [0.25, 0.3) is 5.91 Å². The fourth-order valence-electron chi connectivity index (χ4n) is 4.48. The number of rotatable bonds is 4. The van der Waals surface area contributed by atoms with E-state index in [0.717, 1.165) is 37.9 Å². The maximum Gasteiger partial charge on any atom is 0.254 e. The van der Waals surface area contributed by atoms with Gasteiger partial charge in [-0.2, -0.15) is 15.0 Å². The standard InChI is InChI=1S/C18H26N6O2/c19-15-21-13(11-2-3-11)22-16(23-15)20-12-4-9-24(10-17(12)5-1-6-17)14(25)18(26)7-8-18/h11-12,26H,1-10H2,(H3,19,20,21,22,23). The van der Waals surface area contributed by atoms with Gasteiger partial charge >= 0.3 is 0 Å². The summed E-state index contributed by atoms with van der Waals surface area (Å²) in [6.07, 6.45) is 7.64. The Morgan fingerprint density at radius 1 is 1.15 bits per heavy atom. The molecule has 1 aromatic heterocycles. The van der Waals surface area contributed by atoms with Crippen molar-refractivity contribution in [2.75, 3.05) is 24.1 Å². The lowest BCUT2D eigenvalue weighted by molar-refractivity contribution is -0.148. The molecule has 0 aromatic carbocycles. The monoisotopic (exact) mass is 358 g/mol. The van der Waals surface area contributed by atoms with Crippen molar-refractivity contribution in [3.8, 4) is 0 Å². The first kappa shape index (κ1) is 16.2. The second-order valence-corrected chi connectivity index (χ2v) is 8.61. The number of anilines is 2. The number of nitrogens with one attached hydrogen (secondary N) is 1. The summed E-state index contributed by atoms with van der Waals surface area (Å²) in [6, 6.07) is 0.225. The number of nitrogens with two attached hydrogens (primary N) is 1. The first-order valence-electron chi connectivity index (χ1n) is 9.77. The predicted molar refractivity (Wildman–Crippen MR) is 95.3 cm³/mol. The van der Waals surface area contributed by atoms with Crippen molar-refractivity contribution in [2.45, 2.75) is 68.9 Å². The number of amides is 1. The Bertz CT molecular complexity index is 741. The largest absolute Gasteiger partial charge is 0.380 e. The highest BCUT2D eigenvalue weighted by atomic mass is 16.3. The van der Waals surface area contributed by atoms with Crippen molar-refractivity contribution in [3.63, 3.8) is 0 Å². The predicted octanol–water partition coefficient (Wildman–Crippen LogP) is 1.04. The summed E-state index contributed by atoms with van der Waals surface area (Å²) in [6.45, 7) is 1.37.